The van der Waals surface area contributed by atoms with E-state index in [2.05, 4.69) is 42.6 Å². The molecule has 0 bridgehead atoms. The molecule has 1 saturated heterocycles. The third-order valence-corrected chi connectivity index (χ3v) is 7.79. The van der Waals surface area contributed by atoms with Gasteiger partial charge in [-0.3, -0.25) is 4.57 Å². The number of hydrogen-bond acceptors (Lipinski definition) is 8. The van der Waals surface area contributed by atoms with Gasteiger partial charge in [0.2, 0.25) is 5.95 Å². The SMILES string of the molecule is c1coc(Cn2c(SCc3csc(-c4cccs4)n3)nnc2N2CCCCC2)c1. The molecule has 150 valence electrons. The number of thioether (sulfide) groups is 1. The number of rotatable bonds is 7. The van der Waals surface area contributed by atoms with Crippen molar-refractivity contribution >= 4 is 40.4 Å². The van der Waals surface area contributed by atoms with E-state index in [0.717, 1.165) is 46.4 Å². The zero-order valence-corrected chi connectivity index (χ0v) is 18.3. The van der Waals surface area contributed by atoms with Gasteiger partial charge in [-0.25, -0.2) is 4.98 Å². The van der Waals surface area contributed by atoms with Crippen molar-refractivity contribution in [3.8, 4) is 9.88 Å². The molecule has 0 N–H and O–H groups in total. The number of piperidine rings is 1. The lowest BCUT2D eigenvalue weighted by molar-refractivity contribution is 0.479. The van der Waals surface area contributed by atoms with Gasteiger partial charge >= 0.3 is 0 Å². The van der Waals surface area contributed by atoms with Crippen molar-refractivity contribution in [3.05, 3.63) is 52.7 Å². The van der Waals surface area contributed by atoms with Crippen LogP contribution in [0.4, 0.5) is 5.95 Å². The summed E-state index contributed by atoms with van der Waals surface area (Å²) in [5.41, 5.74) is 1.08. The fourth-order valence-corrected chi connectivity index (χ4v) is 6.00. The Balaban J connectivity index is 1.35. The average Bonchev–Trinajstić information content (AvgIpc) is 3.55. The zero-order chi connectivity index (χ0) is 19.5. The Kier molecular flexibility index (Phi) is 5.69. The van der Waals surface area contributed by atoms with Gasteiger partial charge in [0.25, 0.3) is 0 Å². The summed E-state index contributed by atoms with van der Waals surface area (Å²) in [6.07, 6.45) is 5.43. The quantitative estimate of drug-likeness (QED) is 0.357. The number of aromatic nitrogens is 4. The van der Waals surface area contributed by atoms with Gasteiger partial charge in [-0.1, -0.05) is 17.8 Å². The highest BCUT2D eigenvalue weighted by Crippen LogP contribution is 2.31. The van der Waals surface area contributed by atoms with Gasteiger partial charge < -0.3 is 9.32 Å². The van der Waals surface area contributed by atoms with E-state index in [9.17, 15) is 0 Å². The Morgan fingerprint density at radius 3 is 2.79 bits per heavy atom. The number of thiazole rings is 1. The first-order valence-electron chi connectivity index (χ1n) is 9.68. The molecule has 1 fully saturated rings. The lowest BCUT2D eigenvalue weighted by Gasteiger charge is -2.27. The van der Waals surface area contributed by atoms with Gasteiger partial charge in [0.05, 0.1) is 23.4 Å². The summed E-state index contributed by atoms with van der Waals surface area (Å²) in [5, 5.41) is 15.3. The predicted octanol–water partition coefficient (Wildman–Crippen LogP) is 5.39. The summed E-state index contributed by atoms with van der Waals surface area (Å²) in [6, 6.07) is 8.11. The first-order valence-corrected chi connectivity index (χ1v) is 12.4. The van der Waals surface area contributed by atoms with Gasteiger partial charge in [0.15, 0.2) is 5.16 Å². The average molecular weight is 444 g/mol. The maximum Gasteiger partial charge on any atom is 0.228 e. The molecule has 0 unspecified atom stereocenters. The van der Waals surface area contributed by atoms with E-state index in [1.165, 1.54) is 24.1 Å². The minimum absolute atomic E-state index is 0.645. The van der Waals surface area contributed by atoms with E-state index < -0.39 is 0 Å². The third kappa shape index (κ3) is 4.26. The van der Waals surface area contributed by atoms with Gasteiger partial charge in [0.1, 0.15) is 10.8 Å². The number of nitrogens with zero attached hydrogens (tertiary/aromatic N) is 5. The van der Waals surface area contributed by atoms with Crippen molar-refractivity contribution in [1.29, 1.82) is 0 Å². The van der Waals surface area contributed by atoms with Gasteiger partial charge in [0, 0.05) is 24.2 Å². The Hall–Kier alpha value is -2.10. The molecule has 1 aliphatic heterocycles. The molecule has 0 spiro atoms. The Morgan fingerprint density at radius 2 is 2.00 bits per heavy atom. The Bertz CT molecular complexity index is 1030. The molecule has 9 heteroatoms. The molecule has 29 heavy (non-hydrogen) atoms. The van der Waals surface area contributed by atoms with E-state index in [0.29, 0.717) is 6.54 Å². The molecule has 0 aliphatic carbocycles. The van der Waals surface area contributed by atoms with Crippen LogP contribution in [0.5, 0.6) is 0 Å². The molecule has 4 aromatic rings. The molecule has 5 heterocycles. The molecule has 0 aromatic carbocycles. The highest BCUT2D eigenvalue weighted by atomic mass is 32.2. The number of furan rings is 1. The lowest BCUT2D eigenvalue weighted by Crippen LogP contribution is -2.32. The highest BCUT2D eigenvalue weighted by Gasteiger charge is 2.21. The monoisotopic (exact) mass is 443 g/mol. The van der Waals surface area contributed by atoms with Crippen LogP contribution < -0.4 is 4.90 Å². The van der Waals surface area contributed by atoms with Crippen molar-refractivity contribution < 1.29 is 4.42 Å². The van der Waals surface area contributed by atoms with Crippen molar-refractivity contribution in [2.75, 3.05) is 18.0 Å². The van der Waals surface area contributed by atoms with Crippen LogP contribution >= 0.6 is 34.4 Å². The second-order valence-electron chi connectivity index (χ2n) is 6.91. The maximum atomic E-state index is 5.60. The van der Waals surface area contributed by atoms with Crippen molar-refractivity contribution in [2.24, 2.45) is 0 Å². The molecule has 0 radical (unpaired) electrons. The van der Waals surface area contributed by atoms with Crippen LogP contribution in [0.25, 0.3) is 9.88 Å². The number of thiophene rings is 1. The summed E-state index contributed by atoms with van der Waals surface area (Å²) in [5.74, 6) is 2.64. The zero-order valence-electron chi connectivity index (χ0n) is 15.9. The van der Waals surface area contributed by atoms with Gasteiger partial charge in [-0.05, 0) is 42.8 Å². The predicted molar refractivity (Wildman–Crippen MR) is 119 cm³/mol. The summed E-state index contributed by atoms with van der Waals surface area (Å²) in [6.45, 7) is 2.72. The maximum absolute atomic E-state index is 5.60. The molecular formula is C20H21N5OS3. The minimum Gasteiger partial charge on any atom is -0.467 e. The summed E-state index contributed by atoms with van der Waals surface area (Å²) in [4.78, 5) is 8.36. The standard InChI is InChI=1S/C20H21N5OS3/c1-2-8-24(9-3-1)19-22-23-20(25(19)12-16-6-4-10-26-16)29-14-15-13-28-18(21-15)17-7-5-11-27-17/h4-7,10-11,13H,1-3,8-9,12,14H2. The van der Waals surface area contributed by atoms with Crippen LogP contribution in [-0.2, 0) is 12.3 Å². The van der Waals surface area contributed by atoms with Crippen molar-refractivity contribution in [3.63, 3.8) is 0 Å². The number of hydrogen-bond donors (Lipinski definition) is 0. The van der Waals surface area contributed by atoms with E-state index in [1.807, 2.05) is 12.1 Å². The minimum atomic E-state index is 0.645. The number of anilines is 1. The van der Waals surface area contributed by atoms with Crippen LogP contribution in [0.2, 0.25) is 0 Å². The molecule has 5 rings (SSSR count). The van der Waals surface area contributed by atoms with Crippen LogP contribution in [0.1, 0.15) is 30.7 Å². The molecule has 4 aromatic heterocycles. The molecule has 0 saturated carbocycles. The molecule has 6 nitrogen and oxygen atoms in total. The lowest BCUT2D eigenvalue weighted by atomic mass is 10.1. The Morgan fingerprint density at radius 1 is 1.07 bits per heavy atom. The van der Waals surface area contributed by atoms with Crippen molar-refractivity contribution in [2.45, 2.75) is 36.7 Å². The first-order chi connectivity index (χ1) is 14.4. The summed E-state index contributed by atoms with van der Waals surface area (Å²) < 4.78 is 7.78. The van der Waals surface area contributed by atoms with Gasteiger partial charge in [-0.2, -0.15) is 0 Å². The highest BCUT2D eigenvalue weighted by molar-refractivity contribution is 7.98. The van der Waals surface area contributed by atoms with Gasteiger partial charge in [-0.15, -0.1) is 32.9 Å². The smallest absolute Gasteiger partial charge is 0.228 e. The summed E-state index contributed by atoms with van der Waals surface area (Å²) >= 11 is 5.11. The van der Waals surface area contributed by atoms with Crippen LogP contribution in [0.3, 0.4) is 0 Å². The fraction of sp³-hybridized carbons (Fsp3) is 0.350. The van der Waals surface area contributed by atoms with Crippen LogP contribution in [0, 0.1) is 0 Å². The molecule has 0 amide bonds. The Labute approximate surface area is 181 Å². The second-order valence-corrected chi connectivity index (χ2v) is 9.65. The normalized spacial score (nSPS) is 14.6. The molecule has 1 aliphatic rings. The topological polar surface area (TPSA) is 60.0 Å². The van der Waals surface area contributed by atoms with Crippen LogP contribution in [0.15, 0.2) is 50.9 Å². The largest absolute Gasteiger partial charge is 0.467 e. The molecular weight excluding hydrogens is 422 g/mol. The third-order valence-electron chi connectivity index (χ3n) is 4.86. The van der Waals surface area contributed by atoms with E-state index >= 15 is 0 Å². The fourth-order valence-electron chi connectivity index (χ4n) is 3.44. The first kappa shape index (κ1) is 18.9. The summed E-state index contributed by atoms with van der Waals surface area (Å²) in [7, 11) is 0. The van der Waals surface area contributed by atoms with E-state index in [4.69, 9.17) is 9.40 Å². The van der Waals surface area contributed by atoms with Crippen molar-refractivity contribution in [1.82, 2.24) is 19.7 Å². The second kappa shape index (κ2) is 8.73. The van der Waals surface area contributed by atoms with E-state index in [1.54, 1.807) is 40.7 Å². The van der Waals surface area contributed by atoms with E-state index in [-0.39, 0.29) is 0 Å². The van der Waals surface area contributed by atoms with Crippen LogP contribution in [-0.4, -0.2) is 32.8 Å². The molecule has 0 atom stereocenters.